The van der Waals surface area contributed by atoms with Crippen LogP contribution in [-0.4, -0.2) is 237 Å². The van der Waals surface area contributed by atoms with Gasteiger partial charge in [0.25, 0.3) is 0 Å². The number of ether oxygens (including phenoxy) is 7. The Balaban J connectivity index is 1.73. The fourth-order valence-electron chi connectivity index (χ4n) is 6.78. The summed E-state index contributed by atoms with van der Waals surface area (Å²) in [4.78, 5) is 48.9. The Hall–Kier alpha value is -2.98. The van der Waals surface area contributed by atoms with E-state index in [9.17, 15) is 96.2 Å². The highest BCUT2D eigenvalue weighted by molar-refractivity contribution is 7.81. The van der Waals surface area contributed by atoms with Gasteiger partial charge < -0.3 is 94.9 Å². The second-order valence-corrected chi connectivity index (χ2v) is 15.8. The minimum Gasteiger partial charge on any atom is -0.479 e. The van der Waals surface area contributed by atoms with Crippen LogP contribution >= 0.6 is 0 Å². The molecular weight excluding hydrogens is 892 g/mol. The van der Waals surface area contributed by atoms with Gasteiger partial charge in [0.15, 0.2) is 37.4 Å². The summed E-state index contributed by atoms with van der Waals surface area (Å²) in [5, 5.41) is 108. The molecule has 0 saturated carbocycles. The van der Waals surface area contributed by atoms with Gasteiger partial charge in [0.1, 0.15) is 85.3 Å². The number of nitrogens with one attached hydrogen (secondary N) is 2. The summed E-state index contributed by atoms with van der Waals surface area (Å²) in [5.74, 6) is -5.99. The van der Waals surface area contributed by atoms with Crippen molar-refractivity contribution in [1.82, 2.24) is 10.6 Å². The smallest absolute Gasteiger partial charge is 0.397 e. The summed E-state index contributed by atoms with van der Waals surface area (Å²) in [7, 11) is -11.1. The molecule has 4 aliphatic heterocycles. The number of carbonyl (C=O) groups excluding carboxylic acids is 2. The Morgan fingerprint density at radius 1 is 0.525 bits per heavy atom. The van der Waals surface area contributed by atoms with Gasteiger partial charge >= 0.3 is 32.7 Å². The largest absolute Gasteiger partial charge is 0.479 e. The van der Waals surface area contributed by atoms with Crippen LogP contribution in [-0.2, 0) is 81.5 Å². The van der Waals surface area contributed by atoms with Crippen LogP contribution in [0.1, 0.15) is 13.8 Å². The number of aliphatic carboxylic acids is 2. The van der Waals surface area contributed by atoms with Crippen molar-refractivity contribution in [1.29, 1.82) is 0 Å². The Kier molecular flexibility index (Phi) is 16.8. The molecule has 0 radical (unpaired) electrons. The number of aliphatic hydroxyl groups excluding tert-OH is 8. The lowest BCUT2D eigenvalue weighted by molar-refractivity contribution is -0.367. The van der Waals surface area contributed by atoms with Crippen LogP contribution in [0.15, 0.2) is 0 Å². The monoisotopic (exact) mass is 936 g/mol. The molecule has 14 N–H and O–H groups in total. The highest BCUT2D eigenvalue weighted by atomic mass is 32.3. The molecule has 0 bridgehead atoms. The lowest BCUT2D eigenvalue weighted by Crippen LogP contribution is -2.71. The fourth-order valence-corrected chi connectivity index (χ4v) is 7.80. The van der Waals surface area contributed by atoms with Crippen LogP contribution in [0.3, 0.4) is 0 Å². The molecule has 0 aromatic rings. The highest BCUT2D eigenvalue weighted by Crippen LogP contribution is 2.36. The van der Waals surface area contributed by atoms with Crippen molar-refractivity contribution in [3.63, 3.8) is 0 Å². The molecule has 4 heterocycles. The van der Waals surface area contributed by atoms with Crippen LogP contribution in [0, 0.1) is 0 Å². The van der Waals surface area contributed by atoms with E-state index in [2.05, 4.69) is 19.0 Å². The van der Waals surface area contributed by atoms with Gasteiger partial charge in [0.2, 0.25) is 11.8 Å². The molecule has 20 atom stereocenters. The molecule has 0 spiro atoms. The van der Waals surface area contributed by atoms with Crippen molar-refractivity contribution in [2.24, 2.45) is 0 Å². The first-order chi connectivity index (χ1) is 28.2. The molecular formula is C28H44N2O29S2. The molecule has 0 aromatic carbocycles. The third kappa shape index (κ3) is 12.2. The normalized spacial score (nSPS) is 42.3. The van der Waals surface area contributed by atoms with Crippen molar-refractivity contribution < 1.29 is 138 Å². The summed E-state index contributed by atoms with van der Waals surface area (Å²) in [6.07, 6.45) is -41.8. The number of hydrogen-bond donors (Lipinski definition) is 14. The first-order valence-corrected chi connectivity index (χ1v) is 20.1. The minimum absolute atomic E-state index is 0.823. The van der Waals surface area contributed by atoms with Crippen LogP contribution in [0.5, 0.6) is 0 Å². The van der Waals surface area contributed by atoms with Crippen molar-refractivity contribution in [3.05, 3.63) is 0 Å². The fraction of sp³-hybridized carbons (Fsp3) is 0.857. The number of carboxylic acids is 2. The summed E-state index contributed by atoms with van der Waals surface area (Å²) in [6.45, 7) is -0.754. The third-order valence-electron chi connectivity index (χ3n) is 9.35. The van der Waals surface area contributed by atoms with Crippen LogP contribution in [0.25, 0.3) is 0 Å². The lowest BCUT2D eigenvalue weighted by Gasteiger charge is -2.50. The van der Waals surface area contributed by atoms with Gasteiger partial charge in [-0.1, -0.05) is 0 Å². The molecule has 4 aliphatic rings. The van der Waals surface area contributed by atoms with Gasteiger partial charge in [0, 0.05) is 13.8 Å². The van der Waals surface area contributed by atoms with E-state index in [1.165, 1.54) is 0 Å². The van der Waals surface area contributed by atoms with Crippen LogP contribution < -0.4 is 10.6 Å². The Morgan fingerprint density at radius 2 is 0.934 bits per heavy atom. The van der Waals surface area contributed by atoms with Gasteiger partial charge in [-0.3, -0.25) is 18.7 Å². The Labute approximate surface area is 342 Å². The Bertz CT molecular complexity index is 1790. The molecule has 4 rings (SSSR count). The van der Waals surface area contributed by atoms with E-state index in [4.69, 9.17) is 33.2 Å². The summed E-state index contributed by atoms with van der Waals surface area (Å²) in [6, 6.07) is -4.04. The average molecular weight is 937 g/mol. The predicted octanol–water partition coefficient (Wildman–Crippen LogP) is -9.62. The van der Waals surface area contributed by atoms with Gasteiger partial charge in [-0.25, -0.2) is 18.0 Å². The number of rotatable bonds is 16. The predicted molar refractivity (Wildman–Crippen MR) is 179 cm³/mol. The number of hydrogen-bond acceptors (Lipinski definition) is 25. The maximum Gasteiger partial charge on any atom is 0.397 e. The first-order valence-electron chi connectivity index (χ1n) is 17.4. The van der Waals surface area contributed by atoms with E-state index in [1.54, 1.807) is 0 Å². The van der Waals surface area contributed by atoms with Crippen molar-refractivity contribution in [2.45, 2.75) is 137 Å². The Morgan fingerprint density at radius 3 is 1.38 bits per heavy atom. The molecule has 4 fully saturated rings. The van der Waals surface area contributed by atoms with E-state index in [0.717, 1.165) is 13.8 Å². The molecule has 4 saturated heterocycles. The standard InChI is InChI=1S/C28H44N2O29S2/c1-5(33)29-9-18(16(58-60(45,46)47)7(3-31)51-25(9)44)53-28-15(39)13(37)20(22(57-28)24(42)43)55-26-10(30-6(2)34)19(17(8(4-32)52-26)59-61(48,49)50)54-27-14(38)11(35)12(36)21(56-27)23(40)41/h7-22,25-28,31-32,35-39,44H,3-4H2,1-2H3,(H,29,33)(H,30,34)(H,40,41)(H,42,43)(H,45,46,47)(H,48,49,50)/t7-,8-,9-,10-,11+,12+,13-,14-,15-,16+,17+,18-,19-,20+,21-,22-,25-,26+,27-,28-/m1/s1. The maximum absolute atomic E-state index is 12.6. The zero-order valence-electron chi connectivity index (χ0n) is 31.1. The number of amides is 2. The molecule has 0 aliphatic carbocycles. The summed E-state index contributed by atoms with van der Waals surface area (Å²) in [5.41, 5.74) is 0. The number of carboxylic acid groups (broad SMARTS) is 2. The highest BCUT2D eigenvalue weighted by Gasteiger charge is 2.59. The first kappa shape index (κ1) is 50.7. The van der Waals surface area contributed by atoms with E-state index in [0.29, 0.717) is 0 Å². The summed E-state index contributed by atoms with van der Waals surface area (Å²) < 4.78 is 113. The van der Waals surface area contributed by atoms with E-state index in [-0.39, 0.29) is 0 Å². The van der Waals surface area contributed by atoms with E-state index < -0.39 is 180 Å². The van der Waals surface area contributed by atoms with Gasteiger partial charge in [-0.2, -0.15) is 16.8 Å². The van der Waals surface area contributed by atoms with Gasteiger partial charge in [-0.15, -0.1) is 0 Å². The maximum atomic E-state index is 12.6. The molecule has 33 heteroatoms. The lowest BCUT2D eigenvalue weighted by atomic mass is 9.94. The molecule has 352 valence electrons. The summed E-state index contributed by atoms with van der Waals surface area (Å²) >= 11 is 0. The molecule has 31 nitrogen and oxygen atoms in total. The van der Waals surface area contributed by atoms with E-state index >= 15 is 0 Å². The third-order valence-corrected chi connectivity index (χ3v) is 10.3. The van der Waals surface area contributed by atoms with Crippen molar-refractivity contribution in [2.75, 3.05) is 13.2 Å². The number of aliphatic hydroxyl groups is 8. The second kappa shape index (κ2) is 20.2. The van der Waals surface area contributed by atoms with Crippen molar-refractivity contribution in [3.8, 4) is 0 Å². The number of carbonyl (C=O) groups is 4. The van der Waals surface area contributed by atoms with Gasteiger partial charge in [0.05, 0.1) is 13.2 Å². The topological polar surface area (TPSA) is 486 Å². The second-order valence-electron chi connectivity index (χ2n) is 13.7. The molecule has 2 amide bonds. The van der Waals surface area contributed by atoms with Crippen LogP contribution in [0.2, 0.25) is 0 Å². The SMILES string of the molecule is CC(=O)N[C@@H]1[C@@H](O[C@@H]2O[C@@H](C(=O)O)[C@@H](O[C@@H]3O[C@H](CO)[C@H](OS(=O)(=O)O)[C@H](O[C@@H]4O[C@@H](C(=O)O)[C@@H](O)[C@H](O)[C@H]4O)[C@H]3NC(C)=O)[C@H](O)[C@H]2O)[C@@H](OS(=O)(=O)O)[C@@H](CO)O[C@H]1O. The minimum atomic E-state index is -5.60. The molecule has 61 heavy (non-hydrogen) atoms. The quantitative estimate of drug-likeness (QED) is 0.0639. The van der Waals surface area contributed by atoms with E-state index in [1.807, 2.05) is 0 Å². The average Bonchev–Trinajstić information content (AvgIpc) is 3.13. The van der Waals surface area contributed by atoms with Gasteiger partial charge in [-0.05, 0) is 0 Å². The zero-order valence-corrected chi connectivity index (χ0v) is 32.7. The molecule has 0 unspecified atom stereocenters. The van der Waals surface area contributed by atoms with Crippen molar-refractivity contribution >= 4 is 44.6 Å². The van der Waals surface area contributed by atoms with Crippen LogP contribution in [0.4, 0.5) is 0 Å². The molecule has 0 aromatic heterocycles. The zero-order chi connectivity index (χ0) is 46.0.